The Morgan fingerprint density at radius 3 is 2.53 bits per heavy atom. The molecule has 0 radical (unpaired) electrons. The Hall–Kier alpha value is -3.52. The minimum atomic E-state index is -3.42. The monoisotopic (exact) mass is 420 g/mol. The van der Waals surface area contributed by atoms with E-state index in [1.807, 2.05) is 37.3 Å². The summed E-state index contributed by atoms with van der Waals surface area (Å²) >= 11 is 0. The van der Waals surface area contributed by atoms with Gasteiger partial charge in [0, 0.05) is 36.1 Å². The van der Waals surface area contributed by atoms with Crippen LogP contribution in [0.25, 0.3) is 22.2 Å². The zero-order valence-electron chi connectivity index (χ0n) is 16.7. The van der Waals surface area contributed by atoms with Crippen molar-refractivity contribution < 1.29 is 13.2 Å². The van der Waals surface area contributed by atoms with Gasteiger partial charge in [-0.3, -0.25) is 15.0 Å². The number of aryl methyl sites for hydroxylation is 1. The average molecular weight is 420 g/mol. The molecular formula is C22H20N4O3S. The van der Waals surface area contributed by atoms with Gasteiger partial charge in [0.2, 0.25) is 0 Å². The second kappa shape index (κ2) is 7.72. The number of anilines is 2. The molecule has 4 aromatic rings. The van der Waals surface area contributed by atoms with E-state index in [2.05, 4.69) is 20.3 Å². The van der Waals surface area contributed by atoms with Crippen molar-refractivity contribution in [2.45, 2.75) is 11.8 Å². The molecule has 0 fully saturated rings. The summed E-state index contributed by atoms with van der Waals surface area (Å²) in [5.74, 6) is 0.734. The molecule has 0 amide bonds. The number of nitrogens with zero attached hydrogens (tertiary/aromatic N) is 3. The molecule has 0 unspecified atom stereocenters. The number of fused-ring (bicyclic) bond motifs is 1. The first-order valence-electron chi connectivity index (χ1n) is 9.17. The van der Waals surface area contributed by atoms with Crippen LogP contribution in [0.2, 0.25) is 0 Å². The highest BCUT2D eigenvalue weighted by Crippen LogP contribution is 2.35. The zero-order chi connectivity index (χ0) is 21.3. The zero-order valence-corrected chi connectivity index (χ0v) is 17.6. The number of ether oxygens (including phenoxy) is 1. The van der Waals surface area contributed by atoms with E-state index in [9.17, 15) is 8.42 Å². The van der Waals surface area contributed by atoms with Gasteiger partial charge in [-0.15, -0.1) is 0 Å². The molecule has 2 aromatic carbocycles. The quantitative estimate of drug-likeness (QED) is 0.518. The summed E-state index contributed by atoms with van der Waals surface area (Å²) in [5, 5.41) is 3.19. The highest BCUT2D eigenvalue weighted by atomic mass is 32.2. The fourth-order valence-corrected chi connectivity index (χ4v) is 4.14. The molecule has 1 N–H and O–H groups in total. The normalized spacial score (nSPS) is 11.4. The third kappa shape index (κ3) is 3.81. The molecule has 0 saturated carbocycles. The SMILES string of the molecule is COc1ccc(C)c(-c2cc(Nc3cnccc3S(C)(=O)=O)cc3nccnc23)c1. The Bertz CT molecular complexity index is 1350. The molecule has 0 spiro atoms. The molecule has 2 heterocycles. The van der Waals surface area contributed by atoms with Crippen molar-refractivity contribution in [1.29, 1.82) is 0 Å². The standard InChI is InChI=1S/C22H20N4O3S/c1-14-4-5-16(29-2)12-17(14)18-10-15(11-19-22(18)25-9-8-24-19)26-20-13-23-7-6-21(20)30(3,27)28/h4-13,26H,1-3H3. The van der Waals surface area contributed by atoms with Gasteiger partial charge in [0.1, 0.15) is 5.75 Å². The van der Waals surface area contributed by atoms with E-state index in [0.717, 1.165) is 28.0 Å². The number of rotatable bonds is 5. The second-order valence-electron chi connectivity index (χ2n) is 6.90. The Morgan fingerprint density at radius 1 is 0.967 bits per heavy atom. The van der Waals surface area contributed by atoms with Gasteiger partial charge in [0.15, 0.2) is 9.84 Å². The lowest BCUT2D eigenvalue weighted by atomic mass is 9.98. The summed E-state index contributed by atoms with van der Waals surface area (Å²) in [6, 6.07) is 11.1. The van der Waals surface area contributed by atoms with Gasteiger partial charge in [-0.05, 0) is 48.4 Å². The van der Waals surface area contributed by atoms with Gasteiger partial charge in [0.05, 0.1) is 34.9 Å². The minimum absolute atomic E-state index is 0.177. The van der Waals surface area contributed by atoms with Gasteiger partial charge in [-0.1, -0.05) is 6.07 Å². The van der Waals surface area contributed by atoms with Crippen LogP contribution in [0.5, 0.6) is 5.75 Å². The first-order chi connectivity index (χ1) is 14.4. The summed E-state index contributed by atoms with van der Waals surface area (Å²) in [7, 11) is -1.80. The van der Waals surface area contributed by atoms with Crippen LogP contribution in [-0.2, 0) is 9.84 Å². The lowest BCUT2D eigenvalue weighted by Gasteiger charge is -2.15. The van der Waals surface area contributed by atoms with Gasteiger partial charge >= 0.3 is 0 Å². The number of hydrogen-bond acceptors (Lipinski definition) is 7. The molecule has 0 aliphatic rings. The molecule has 0 saturated heterocycles. The van der Waals surface area contributed by atoms with E-state index in [4.69, 9.17) is 4.74 Å². The van der Waals surface area contributed by atoms with Crippen LogP contribution in [0.1, 0.15) is 5.56 Å². The fraction of sp³-hybridized carbons (Fsp3) is 0.136. The fourth-order valence-electron chi connectivity index (χ4n) is 3.32. The number of pyridine rings is 1. The molecule has 30 heavy (non-hydrogen) atoms. The van der Waals surface area contributed by atoms with E-state index in [1.54, 1.807) is 19.5 Å². The second-order valence-corrected chi connectivity index (χ2v) is 8.88. The number of aromatic nitrogens is 3. The molecular weight excluding hydrogens is 400 g/mol. The van der Waals surface area contributed by atoms with E-state index >= 15 is 0 Å². The van der Waals surface area contributed by atoms with Gasteiger partial charge in [0.25, 0.3) is 0 Å². The predicted octanol–water partition coefficient (Wildman–Crippen LogP) is 4.16. The third-order valence-electron chi connectivity index (χ3n) is 4.77. The lowest BCUT2D eigenvalue weighted by molar-refractivity contribution is 0.415. The molecule has 7 nitrogen and oxygen atoms in total. The Morgan fingerprint density at radius 2 is 1.77 bits per heavy atom. The van der Waals surface area contributed by atoms with Crippen LogP contribution >= 0.6 is 0 Å². The van der Waals surface area contributed by atoms with E-state index in [1.165, 1.54) is 24.7 Å². The molecule has 4 rings (SSSR count). The van der Waals surface area contributed by atoms with Crippen molar-refractivity contribution in [3.63, 3.8) is 0 Å². The number of nitrogens with one attached hydrogen (secondary N) is 1. The van der Waals surface area contributed by atoms with Crippen molar-refractivity contribution in [1.82, 2.24) is 15.0 Å². The number of methoxy groups -OCH3 is 1. The highest BCUT2D eigenvalue weighted by molar-refractivity contribution is 7.90. The highest BCUT2D eigenvalue weighted by Gasteiger charge is 2.16. The maximum Gasteiger partial charge on any atom is 0.177 e. The summed E-state index contributed by atoms with van der Waals surface area (Å²) in [6.45, 7) is 2.01. The molecule has 0 bridgehead atoms. The number of sulfone groups is 1. The predicted molar refractivity (Wildman–Crippen MR) is 117 cm³/mol. The summed E-state index contributed by atoms with van der Waals surface area (Å²) < 4.78 is 29.7. The number of benzene rings is 2. The van der Waals surface area contributed by atoms with Crippen LogP contribution in [0.3, 0.4) is 0 Å². The maximum atomic E-state index is 12.2. The largest absolute Gasteiger partial charge is 0.497 e. The van der Waals surface area contributed by atoms with Gasteiger partial charge in [-0.25, -0.2) is 8.42 Å². The average Bonchev–Trinajstić information content (AvgIpc) is 2.73. The Kier molecular flexibility index (Phi) is 5.09. The smallest absolute Gasteiger partial charge is 0.177 e. The van der Waals surface area contributed by atoms with Gasteiger partial charge < -0.3 is 10.1 Å². The summed E-state index contributed by atoms with van der Waals surface area (Å²) in [5.41, 5.74) is 5.38. The van der Waals surface area contributed by atoms with E-state index in [0.29, 0.717) is 16.9 Å². The molecule has 8 heteroatoms. The number of hydrogen-bond donors (Lipinski definition) is 1. The Balaban J connectivity index is 1.91. The van der Waals surface area contributed by atoms with Crippen LogP contribution in [0.15, 0.2) is 66.1 Å². The van der Waals surface area contributed by atoms with Crippen molar-refractivity contribution >= 4 is 32.2 Å². The third-order valence-corrected chi connectivity index (χ3v) is 5.92. The lowest BCUT2D eigenvalue weighted by Crippen LogP contribution is -2.03. The molecule has 0 aliphatic heterocycles. The van der Waals surface area contributed by atoms with Crippen LogP contribution in [0.4, 0.5) is 11.4 Å². The van der Waals surface area contributed by atoms with Crippen molar-refractivity contribution in [3.05, 3.63) is 66.7 Å². The first kappa shape index (κ1) is 19.8. The van der Waals surface area contributed by atoms with Crippen LogP contribution in [0, 0.1) is 6.92 Å². The maximum absolute atomic E-state index is 12.2. The molecule has 152 valence electrons. The molecule has 0 aliphatic carbocycles. The van der Waals surface area contributed by atoms with E-state index < -0.39 is 9.84 Å². The van der Waals surface area contributed by atoms with Crippen molar-refractivity contribution in [3.8, 4) is 16.9 Å². The minimum Gasteiger partial charge on any atom is -0.497 e. The molecule has 2 aromatic heterocycles. The summed E-state index contributed by atoms with van der Waals surface area (Å²) in [6.07, 6.45) is 7.40. The summed E-state index contributed by atoms with van der Waals surface area (Å²) in [4.78, 5) is 13.2. The van der Waals surface area contributed by atoms with Crippen molar-refractivity contribution in [2.75, 3.05) is 18.7 Å². The Labute approximate surface area is 174 Å². The topological polar surface area (TPSA) is 94.1 Å². The first-order valence-corrected chi connectivity index (χ1v) is 11.1. The molecule has 0 atom stereocenters. The van der Waals surface area contributed by atoms with Gasteiger partial charge in [-0.2, -0.15) is 0 Å². The van der Waals surface area contributed by atoms with E-state index in [-0.39, 0.29) is 4.90 Å². The van der Waals surface area contributed by atoms with Crippen LogP contribution < -0.4 is 10.1 Å². The van der Waals surface area contributed by atoms with Crippen LogP contribution in [-0.4, -0.2) is 36.7 Å². The van der Waals surface area contributed by atoms with Crippen molar-refractivity contribution in [2.24, 2.45) is 0 Å².